The summed E-state index contributed by atoms with van der Waals surface area (Å²) < 4.78 is 32.2. The number of carbonyl (C=O) groups excluding carboxylic acids is 1. The fraction of sp³-hybridized carbons (Fsp3) is 0.923. The van der Waals surface area contributed by atoms with Crippen molar-refractivity contribution in [3.63, 3.8) is 0 Å². The molecule has 1 saturated heterocycles. The standard InChI is InChI=1S/C13H26N2O5S/c1-10-5-8-15(12(9-10)11(2)16)21(18,19)14(3)7-6-13(17)20-4/h10-12,16H,5-9H2,1-4H3. The van der Waals surface area contributed by atoms with E-state index in [2.05, 4.69) is 11.7 Å². The lowest BCUT2D eigenvalue weighted by Gasteiger charge is -2.40. The summed E-state index contributed by atoms with van der Waals surface area (Å²) >= 11 is 0. The maximum atomic E-state index is 12.6. The van der Waals surface area contributed by atoms with Crippen LogP contribution in [0.5, 0.6) is 0 Å². The molecular formula is C13H26N2O5S. The van der Waals surface area contributed by atoms with Crippen LogP contribution in [0.4, 0.5) is 0 Å². The molecule has 1 fully saturated rings. The van der Waals surface area contributed by atoms with E-state index in [9.17, 15) is 18.3 Å². The fourth-order valence-electron chi connectivity index (χ4n) is 2.53. The molecule has 21 heavy (non-hydrogen) atoms. The van der Waals surface area contributed by atoms with Gasteiger partial charge >= 0.3 is 5.97 Å². The van der Waals surface area contributed by atoms with Gasteiger partial charge in [0.2, 0.25) is 0 Å². The highest BCUT2D eigenvalue weighted by Crippen LogP contribution is 2.28. The lowest BCUT2D eigenvalue weighted by Crippen LogP contribution is -2.54. The van der Waals surface area contributed by atoms with E-state index in [0.29, 0.717) is 18.9 Å². The molecule has 0 aromatic carbocycles. The molecule has 0 spiro atoms. The van der Waals surface area contributed by atoms with E-state index in [1.807, 2.05) is 0 Å². The van der Waals surface area contributed by atoms with Gasteiger partial charge in [-0.15, -0.1) is 0 Å². The number of aliphatic hydroxyl groups is 1. The van der Waals surface area contributed by atoms with E-state index in [0.717, 1.165) is 10.7 Å². The molecule has 0 aliphatic carbocycles. The summed E-state index contributed by atoms with van der Waals surface area (Å²) in [5.41, 5.74) is 0. The molecule has 1 aliphatic rings. The third-order valence-electron chi connectivity index (χ3n) is 3.96. The molecule has 1 aliphatic heterocycles. The molecule has 8 heteroatoms. The first-order valence-corrected chi connectivity index (χ1v) is 8.57. The Morgan fingerprint density at radius 2 is 2.14 bits per heavy atom. The first kappa shape index (κ1) is 18.3. The number of hydrogen-bond acceptors (Lipinski definition) is 5. The van der Waals surface area contributed by atoms with Gasteiger partial charge < -0.3 is 9.84 Å². The number of rotatable bonds is 6. The summed E-state index contributed by atoms with van der Waals surface area (Å²) in [6.45, 7) is 4.12. The quantitative estimate of drug-likeness (QED) is 0.706. The highest BCUT2D eigenvalue weighted by molar-refractivity contribution is 7.86. The van der Waals surface area contributed by atoms with E-state index in [1.54, 1.807) is 6.92 Å². The molecule has 0 amide bonds. The van der Waals surface area contributed by atoms with Crippen LogP contribution in [0.2, 0.25) is 0 Å². The SMILES string of the molecule is COC(=O)CCN(C)S(=O)(=O)N1CCC(C)CC1C(C)O. The smallest absolute Gasteiger partial charge is 0.306 e. The largest absolute Gasteiger partial charge is 0.469 e. The molecule has 0 saturated carbocycles. The second-order valence-corrected chi connectivity index (χ2v) is 7.69. The predicted molar refractivity (Wildman–Crippen MR) is 78.8 cm³/mol. The molecule has 0 bridgehead atoms. The Bertz CT molecular complexity index is 451. The van der Waals surface area contributed by atoms with Crippen molar-refractivity contribution in [1.82, 2.24) is 8.61 Å². The van der Waals surface area contributed by atoms with Gasteiger partial charge in [0.05, 0.1) is 25.7 Å². The minimum Gasteiger partial charge on any atom is -0.469 e. The molecule has 3 unspecified atom stereocenters. The summed E-state index contributed by atoms with van der Waals surface area (Å²) in [5, 5.41) is 9.87. The summed E-state index contributed by atoms with van der Waals surface area (Å²) in [6.07, 6.45) is 0.696. The summed E-state index contributed by atoms with van der Waals surface area (Å²) in [5.74, 6) is -0.0622. The molecule has 0 aromatic heterocycles. The first-order chi connectivity index (χ1) is 9.70. The normalized spacial score (nSPS) is 25.8. The molecule has 124 valence electrons. The first-order valence-electron chi connectivity index (χ1n) is 7.18. The van der Waals surface area contributed by atoms with Crippen molar-refractivity contribution in [2.75, 3.05) is 27.2 Å². The molecule has 0 aromatic rings. The van der Waals surface area contributed by atoms with E-state index in [1.165, 1.54) is 18.5 Å². The average molecular weight is 322 g/mol. The van der Waals surface area contributed by atoms with Crippen LogP contribution in [-0.4, -0.2) is 67.5 Å². The van der Waals surface area contributed by atoms with Crippen LogP contribution in [0.15, 0.2) is 0 Å². The van der Waals surface area contributed by atoms with Gasteiger partial charge in [-0.1, -0.05) is 6.92 Å². The van der Waals surface area contributed by atoms with Crippen molar-refractivity contribution in [2.24, 2.45) is 5.92 Å². The molecule has 1 heterocycles. The Hall–Kier alpha value is -0.700. The van der Waals surface area contributed by atoms with E-state index >= 15 is 0 Å². The van der Waals surface area contributed by atoms with E-state index in [4.69, 9.17) is 0 Å². The fourth-order valence-corrected chi connectivity index (χ4v) is 4.15. The number of ether oxygens (including phenoxy) is 1. The van der Waals surface area contributed by atoms with Gasteiger partial charge in [-0.05, 0) is 25.7 Å². The zero-order chi connectivity index (χ0) is 16.2. The van der Waals surface area contributed by atoms with Gasteiger partial charge in [-0.3, -0.25) is 4.79 Å². The minimum absolute atomic E-state index is 0.00974. The number of aliphatic hydroxyl groups excluding tert-OH is 1. The molecule has 7 nitrogen and oxygen atoms in total. The Morgan fingerprint density at radius 3 is 2.67 bits per heavy atom. The lowest BCUT2D eigenvalue weighted by atomic mass is 9.92. The van der Waals surface area contributed by atoms with Crippen LogP contribution in [0, 0.1) is 5.92 Å². The third-order valence-corrected chi connectivity index (χ3v) is 5.98. The van der Waals surface area contributed by atoms with Crippen molar-refractivity contribution in [2.45, 2.75) is 45.3 Å². The van der Waals surface area contributed by atoms with Crippen LogP contribution in [0.1, 0.15) is 33.1 Å². The van der Waals surface area contributed by atoms with Crippen molar-refractivity contribution in [3.05, 3.63) is 0 Å². The highest BCUT2D eigenvalue weighted by Gasteiger charge is 2.39. The van der Waals surface area contributed by atoms with Gasteiger partial charge in [0.1, 0.15) is 0 Å². The Kier molecular flexibility index (Phi) is 6.58. The van der Waals surface area contributed by atoms with Gasteiger partial charge in [0.15, 0.2) is 0 Å². The molecule has 1 rings (SSSR count). The zero-order valence-corrected chi connectivity index (χ0v) is 14.0. The van der Waals surface area contributed by atoms with Crippen molar-refractivity contribution in [3.8, 4) is 0 Å². The Labute approximate surface area is 127 Å². The molecule has 0 radical (unpaired) electrons. The van der Waals surface area contributed by atoms with Gasteiger partial charge in [-0.25, -0.2) is 0 Å². The highest BCUT2D eigenvalue weighted by atomic mass is 32.2. The molecule has 3 atom stereocenters. The van der Waals surface area contributed by atoms with Gasteiger partial charge in [0.25, 0.3) is 10.2 Å². The number of nitrogens with zero attached hydrogens (tertiary/aromatic N) is 2. The van der Waals surface area contributed by atoms with Gasteiger partial charge in [0, 0.05) is 20.1 Å². The van der Waals surface area contributed by atoms with Crippen LogP contribution in [-0.2, 0) is 19.7 Å². The monoisotopic (exact) mass is 322 g/mol. The second kappa shape index (κ2) is 7.53. The minimum atomic E-state index is -3.68. The van der Waals surface area contributed by atoms with Crippen LogP contribution >= 0.6 is 0 Å². The maximum absolute atomic E-state index is 12.6. The van der Waals surface area contributed by atoms with Crippen molar-refractivity contribution in [1.29, 1.82) is 0 Å². The predicted octanol–water partition coefficient (Wildman–Crippen LogP) is 0.207. The summed E-state index contributed by atoms with van der Waals surface area (Å²) in [6, 6.07) is -0.417. The number of piperidine rings is 1. The molecule has 1 N–H and O–H groups in total. The van der Waals surface area contributed by atoms with Crippen molar-refractivity contribution >= 4 is 16.2 Å². The second-order valence-electron chi connectivity index (χ2n) is 5.70. The summed E-state index contributed by atoms with van der Waals surface area (Å²) in [4.78, 5) is 11.1. The maximum Gasteiger partial charge on any atom is 0.306 e. The van der Waals surface area contributed by atoms with Crippen molar-refractivity contribution < 1.29 is 23.1 Å². The summed E-state index contributed by atoms with van der Waals surface area (Å²) in [7, 11) is -0.975. The third kappa shape index (κ3) is 4.64. The van der Waals surface area contributed by atoms with E-state index in [-0.39, 0.29) is 13.0 Å². The van der Waals surface area contributed by atoms with Crippen LogP contribution in [0.25, 0.3) is 0 Å². The Morgan fingerprint density at radius 1 is 1.52 bits per heavy atom. The number of hydrogen-bond donors (Lipinski definition) is 1. The van der Waals surface area contributed by atoms with Crippen LogP contribution < -0.4 is 0 Å². The lowest BCUT2D eigenvalue weighted by molar-refractivity contribution is -0.140. The Balaban J connectivity index is 2.81. The number of esters is 1. The number of methoxy groups -OCH3 is 1. The average Bonchev–Trinajstić information content (AvgIpc) is 2.43. The topological polar surface area (TPSA) is 87.2 Å². The van der Waals surface area contributed by atoms with Crippen LogP contribution in [0.3, 0.4) is 0 Å². The van der Waals surface area contributed by atoms with E-state index < -0.39 is 28.3 Å². The zero-order valence-electron chi connectivity index (χ0n) is 13.2. The number of carbonyl (C=O) groups is 1. The molecular weight excluding hydrogens is 296 g/mol. The van der Waals surface area contributed by atoms with Gasteiger partial charge in [-0.2, -0.15) is 17.0 Å².